The average Bonchev–Trinajstić information content (AvgIpc) is 2.84. The monoisotopic (exact) mass is 464 g/mol. The number of hydrogen-bond acceptors (Lipinski definition) is 3. The Kier molecular flexibility index (Phi) is 9.57. The van der Waals surface area contributed by atoms with Crippen LogP contribution in [0.15, 0.2) is 12.1 Å². The van der Waals surface area contributed by atoms with Gasteiger partial charge in [0.25, 0.3) is 0 Å². The lowest BCUT2D eigenvalue weighted by Gasteiger charge is -2.51. The highest BCUT2D eigenvalue weighted by Gasteiger charge is 2.46. The van der Waals surface area contributed by atoms with Crippen molar-refractivity contribution in [3.63, 3.8) is 0 Å². The zero-order valence-electron chi connectivity index (χ0n) is 20.8. The maximum Gasteiger partial charge on any atom is 0.314 e. The predicted molar refractivity (Wildman–Crippen MR) is 127 cm³/mol. The van der Waals surface area contributed by atoms with E-state index < -0.39 is 17.6 Å². The van der Waals surface area contributed by atoms with Crippen LogP contribution in [-0.4, -0.2) is 12.6 Å². The van der Waals surface area contributed by atoms with Gasteiger partial charge in [-0.1, -0.05) is 58.8 Å². The van der Waals surface area contributed by atoms with Crippen molar-refractivity contribution < 1.29 is 23.0 Å². The highest BCUT2D eigenvalue weighted by Crippen LogP contribution is 2.56. The van der Waals surface area contributed by atoms with Crippen molar-refractivity contribution in [1.29, 1.82) is 0 Å². The molecule has 2 aliphatic carbocycles. The quantitative estimate of drug-likeness (QED) is 0.258. The number of carbonyl (C=O) groups is 1. The molecule has 0 aliphatic heterocycles. The van der Waals surface area contributed by atoms with Crippen LogP contribution >= 0.6 is 0 Å². The number of esters is 1. The second kappa shape index (κ2) is 12.2. The smallest absolute Gasteiger partial charge is 0.314 e. The summed E-state index contributed by atoms with van der Waals surface area (Å²) in [6.45, 7) is 6.54. The van der Waals surface area contributed by atoms with E-state index in [1.165, 1.54) is 69.9 Å². The van der Waals surface area contributed by atoms with Gasteiger partial charge in [-0.25, -0.2) is 0 Å². The SMILES string of the molecule is CCCC(CCC)C1([C@H]2CC[C@H](C(=O)Oc3ccc(OCC)c(F)c3F)CC2)CCCCC1. The van der Waals surface area contributed by atoms with Crippen LogP contribution in [0.3, 0.4) is 0 Å². The molecule has 0 aromatic heterocycles. The Hall–Kier alpha value is -1.65. The van der Waals surface area contributed by atoms with E-state index in [9.17, 15) is 13.6 Å². The van der Waals surface area contributed by atoms with E-state index in [2.05, 4.69) is 13.8 Å². The summed E-state index contributed by atoms with van der Waals surface area (Å²) in [6, 6.07) is 2.60. The van der Waals surface area contributed by atoms with Crippen molar-refractivity contribution in [1.82, 2.24) is 0 Å². The molecule has 2 fully saturated rings. The van der Waals surface area contributed by atoms with Gasteiger partial charge < -0.3 is 9.47 Å². The summed E-state index contributed by atoms with van der Waals surface area (Å²) in [5, 5.41) is 0. The Labute approximate surface area is 198 Å². The largest absolute Gasteiger partial charge is 0.491 e. The Morgan fingerprint density at radius 3 is 2.09 bits per heavy atom. The molecule has 2 aliphatic rings. The summed E-state index contributed by atoms with van der Waals surface area (Å²) in [5.74, 6) is -2.03. The van der Waals surface area contributed by atoms with Gasteiger partial charge in [0.15, 0.2) is 11.5 Å². The molecular formula is C28H42F2O3. The summed E-state index contributed by atoms with van der Waals surface area (Å²) in [6.07, 6.45) is 15.3. The predicted octanol–water partition coefficient (Wildman–Crippen LogP) is 8.24. The third kappa shape index (κ3) is 5.89. The molecule has 33 heavy (non-hydrogen) atoms. The Morgan fingerprint density at radius 2 is 1.52 bits per heavy atom. The van der Waals surface area contributed by atoms with Crippen LogP contribution in [0.4, 0.5) is 8.78 Å². The minimum atomic E-state index is -1.16. The van der Waals surface area contributed by atoms with Gasteiger partial charge in [-0.05, 0) is 74.8 Å². The van der Waals surface area contributed by atoms with Crippen molar-refractivity contribution in [2.75, 3.05) is 6.61 Å². The van der Waals surface area contributed by atoms with Crippen LogP contribution in [0.25, 0.3) is 0 Å². The minimum Gasteiger partial charge on any atom is -0.491 e. The van der Waals surface area contributed by atoms with Crippen molar-refractivity contribution in [2.45, 2.75) is 104 Å². The summed E-state index contributed by atoms with van der Waals surface area (Å²) in [4.78, 5) is 12.8. The van der Waals surface area contributed by atoms with Gasteiger partial charge in [0, 0.05) is 0 Å². The van der Waals surface area contributed by atoms with E-state index in [-0.39, 0.29) is 24.0 Å². The molecule has 0 saturated heterocycles. The first-order chi connectivity index (χ1) is 16.0. The zero-order chi connectivity index (χ0) is 23.8. The highest BCUT2D eigenvalue weighted by molar-refractivity contribution is 5.75. The molecule has 3 rings (SSSR count). The summed E-state index contributed by atoms with van der Waals surface area (Å²) >= 11 is 0. The zero-order valence-corrected chi connectivity index (χ0v) is 20.8. The lowest BCUT2D eigenvalue weighted by Crippen LogP contribution is -2.42. The van der Waals surface area contributed by atoms with Crippen LogP contribution in [0.1, 0.15) is 104 Å². The maximum atomic E-state index is 14.4. The summed E-state index contributed by atoms with van der Waals surface area (Å²) < 4.78 is 38.9. The molecule has 0 spiro atoms. The Morgan fingerprint density at radius 1 is 0.939 bits per heavy atom. The molecule has 0 unspecified atom stereocenters. The third-order valence-corrected chi connectivity index (χ3v) is 8.27. The molecule has 186 valence electrons. The molecule has 0 radical (unpaired) electrons. The number of ether oxygens (including phenoxy) is 2. The standard InChI is InChI=1S/C28H42F2O3/c1-4-10-21(11-5-2)28(18-8-7-9-19-28)22-14-12-20(13-15-22)27(31)33-24-17-16-23(32-6-3)25(29)26(24)30/h16-17,20-22H,4-15,18-19H2,1-3H3/t20-,22-. The molecule has 0 amide bonds. The van der Waals surface area contributed by atoms with E-state index in [1.807, 2.05) is 0 Å². The fourth-order valence-electron chi connectivity index (χ4n) is 6.73. The van der Waals surface area contributed by atoms with Gasteiger partial charge in [0.05, 0.1) is 12.5 Å². The number of halogens is 2. The van der Waals surface area contributed by atoms with Crippen LogP contribution in [-0.2, 0) is 4.79 Å². The maximum absolute atomic E-state index is 14.4. The molecule has 0 heterocycles. The third-order valence-electron chi connectivity index (χ3n) is 8.27. The Balaban J connectivity index is 1.65. The van der Waals surface area contributed by atoms with Crippen LogP contribution in [0, 0.1) is 34.8 Å². The minimum absolute atomic E-state index is 0.165. The molecule has 1 aromatic carbocycles. The Bertz CT molecular complexity index is 759. The number of benzene rings is 1. The van der Waals surface area contributed by atoms with E-state index >= 15 is 0 Å². The number of rotatable bonds is 10. The molecule has 0 bridgehead atoms. The molecule has 5 heteroatoms. The summed E-state index contributed by atoms with van der Waals surface area (Å²) in [7, 11) is 0. The second-order valence-electron chi connectivity index (χ2n) is 10.2. The fraction of sp³-hybridized carbons (Fsp3) is 0.750. The second-order valence-corrected chi connectivity index (χ2v) is 10.2. The van der Waals surface area contributed by atoms with Gasteiger partial charge in [-0.3, -0.25) is 4.79 Å². The topological polar surface area (TPSA) is 35.5 Å². The van der Waals surface area contributed by atoms with Crippen LogP contribution in [0.2, 0.25) is 0 Å². The van der Waals surface area contributed by atoms with Crippen molar-refractivity contribution in [3.8, 4) is 11.5 Å². The van der Waals surface area contributed by atoms with Crippen molar-refractivity contribution in [3.05, 3.63) is 23.8 Å². The van der Waals surface area contributed by atoms with E-state index in [0.717, 1.165) is 31.6 Å². The lowest BCUT2D eigenvalue weighted by molar-refractivity contribution is -0.141. The normalized spacial score (nSPS) is 22.8. The molecule has 1 aromatic rings. The van der Waals surface area contributed by atoms with Crippen LogP contribution in [0.5, 0.6) is 11.5 Å². The molecular weight excluding hydrogens is 422 g/mol. The molecule has 0 atom stereocenters. The first kappa shape index (κ1) is 26.0. The van der Waals surface area contributed by atoms with E-state index in [0.29, 0.717) is 11.3 Å². The van der Waals surface area contributed by atoms with E-state index in [1.54, 1.807) is 6.92 Å². The lowest BCUT2D eigenvalue weighted by atomic mass is 9.54. The highest BCUT2D eigenvalue weighted by atomic mass is 19.2. The molecule has 0 N–H and O–H groups in total. The number of carbonyl (C=O) groups excluding carboxylic acids is 1. The van der Waals surface area contributed by atoms with Gasteiger partial charge in [-0.15, -0.1) is 0 Å². The molecule has 3 nitrogen and oxygen atoms in total. The average molecular weight is 465 g/mol. The van der Waals surface area contributed by atoms with Crippen LogP contribution < -0.4 is 9.47 Å². The summed E-state index contributed by atoms with van der Waals surface area (Å²) in [5.41, 5.74) is 0.420. The van der Waals surface area contributed by atoms with Gasteiger partial charge in [-0.2, -0.15) is 8.78 Å². The van der Waals surface area contributed by atoms with Gasteiger partial charge in [0.2, 0.25) is 11.6 Å². The first-order valence-corrected chi connectivity index (χ1v) is 13.3. The first-order valence-electron chi connectivity index (χ1n) is 13.3. The van der Waals surface area contributed by atoms with Gasteiger partial charge >= 0.3 is 5.97 Å². The fourth-order valence-corrected chi connectivity index (χ4v) is 6.73. The van der Waals surface area contributed by atoms with E-state index in [4.69, 9.17) is 9.47 Å². The molecule has 2 saturated carbocycles. The number of hydrogen-bond donors (Lipinski definition) is 0. The van der Waals surface area contributed by atoms with Gasteiger partial charge in [0.1, 0.15) is 0 Å². The van der Waals surface area contributed by atoms with Crippen molar-refractivity contribution >= 4 is 5.97 Å². The van der Waals surface area contributed by atoms with Crippen molar-refractivity contribution in [2.24, 2.45) is 23.2 Å².